The Kier molecular flexibility index (Phi) is 9.49. The Morgan fingerprint density at radius 3 is 2.33 bits per heavy atom. The number of carbonyl (C=O) groups excluding carboxylic acids is 1. The monoisotopic (exact) mass is 491 g/mol. The van der Waals surface area contributed by atoms with Crippen LogP contribution in [0.1, 0.15) is 18.1 Å². The van der Waals surface area contributed by atoms with Gasteiger partial charge in [0, 0.05) is 18.4 Å². The first-order chi connectivity index (χ1) is 14.4. The Bertz CT molecular complexity index is 984. The molecule has 2 aromatic carbocycles. The van der Waals surface area contributed by atoms with Crippen LogP contribution < -0.4 is 0 Å². The number of hydrogen-bond donors (Lipinski definition) is 0. The summed E-state index contributed by atoms with van der Waals surface area (Å²) in [6.45, 7) is 3.86. The van der Waals surface area contributed by atoms with Gasteiger partial charge in [-0.25, -0.2) is 13.2 Å². The molecule has 0 fully saturated rings. The van der Waals surface area contributed by atoms with Gasteiger partial charge in [0.25, 0.3) is 0 Å². The number of ether oxygens (including phenoxy) is 1. The number of esters is 1. The van der Waals surface area contributed by atoms with Crippen LogP contribution in [0.2, 0.25) is 0 Å². The van der Waals surface area contributed by atoms with Gasteiger partial charge in [-0.15, -0.1) is 0 Å². The Hall–Kier alpha value is -2.22. The summed E-state index contributed by atoms with van der Waals surface area (Å²) in [4.78, 5) is 12.8. The van der Waals surface area contributed by atoms with E-state index in [0.717, 1.165) is 11.1 Å². The molecular formula is C23H26BrNO4S. The number of aryl methyl sites for hydroxylation is 1. The molecule has 0 atom stereocenters. The minimum Gasteiger partial charge on any atom is -0.463 e. The second-order valence-electron chi connectivity index (χ2n) is 6.54. The van der Waals surface area contributed by atoms with E-state index in [1.165, 1.54) is 4.31 Å². The Morgan fingerprint density at radius 1 is 1.07 bits per heavy atom. The van der Waals surface area contributed by atoms with Crippen LogP contribution in [0.4, 0.5) is 0 Å². The molecule has 0 aliphatic rings. The van der Waals surface area contributed by atoms with E-state index >= 15 is 0 Å². The molecule has 160 valence electrons. The van der Waals surface area contributed by atoms with Crippen molar-refractivity contribution in [2.45, 2.75) is 18.7 Å². The fourth-order valence-electron chi connectivity index (χ4n) is 2.70. The third-order valence-electron chi connectivity index (χ3n) is 4.25. The van der Waals surface area contributed by atoms with Crippen molar-refractivity contribution in [1.29, 1.82) is 0 Å². The van der Waals surface area contributed by atoms with Crippen LogP contribution in [-0.2, 0) is 19.6 Å². The first kappa shape index (κ1) is 24.1. The highest BCUT2D eigenvalue weighted by Gasteiger charge is 2.26. The quantitative estimate of drug-likeness (QED) is 0.211. The maximum Gasteiger partial charge on any atom is 0.335 e. The van der Waals surface area contributed by atoms with Gasteiger partial charge in [0.05, 0.1) is 17.1 Å². The predicted molar refractivity (Wildman–Crippen MR) is 124 cm³/mol. The lowest BCUT2D eigenvalue weighted by atomic mass is 10.1. The number of benzene rings is 2. The van der Waals surface area contributed by atoms with Gasteiger partial charge in [-0.05, 0) is 37.6 Å². The van der Waals surface area contributed by atoms with Crippen molar-refractivity contribution < 1.29 is 17.9 Å². The van der Waals surface area contributed by atoms with Gasteiger partial charge in [-0.1, -0.05) is 76.1 Å². The van der Waals surface area contributed by atoms with Crippen molar-refractivity contribution in [3.05, 3.63) is 83.4 Å². The number of hydrogen-bond acceptors (Lipinski definition) is 4. The molecule has 2 rings (SSSR count). The summed E-state index contributed by atoms with van der Waals surface area (Å²) < 4.78 is 33.1. The molecule has 0 amide bonds. The number of nitrogens with zero attached hydrogens (tertiary/aromatic N) is 1. The second-order valence-corrected chi connectivity index (χ2v) is 9.12. The maximum atomic E-state index is 13.3. The Balaban J connectivity index is 2.44. The normalized spacial score (nSPS) is 12.5. The molecule has 2 aromatic rings. The zero-order chi connectivity index (χ0) is 22.0. The van der Waals surface area contributed by atoms with E-state index in [2.05, 4.69) is 15.9 Å². The van der Waals surface area contributed by atoms with Crippen molar-refractivity contribution in [3.63, 3.8) is 0 Å². The number of sulfonamides is 1. The SMILES string of the molecule is CCOC(=O)/C(=C/c1ccccc1)CN(C/C=C/CBr)S(=O)(=O)c1ccc(C)cc1. The summed E-state index contributed by atoms with van der Waals surface area (Å²) in [5, 5.41) is 0.607. The fraction of sp³-hybridized carbons (Fsp3) is 0.261. The molecule has 0 heterocycles. The second kappa shape index (κ2) is 11.8. The van der Waals surface area contributed by atoms with Gasteiger partial charge < -0.3 is 4.74 Å². The number of allylic oxidation sites excluding steroid dienone is 1. The van der Waals surface area contributed by atoms with E-state index in [1.54, 1.807) is 43.3 Å². The van der Waals surface area contributed by atoms with Gasteiger partial charge in [-0.2, -0.15) is 4.31 Å². The average molecular weight is 492 g/mol. The lowest BCUT2D eigenvalue weighted by Gasteiger charge is -2.22. The first-order valence-electron chi connectivity index (χ1n) is 9.59. The fourth-order valence-corrected chi connectivity index (χ4v) is 4.33. The number of carbonyl (C=O) groups is 1. The molecule has 0 saturated carbocycles. The van der Waals surface area contributed by atoms with Gasteiger partial charge >= 0.3 is 5.97 Å². The molecule has 0 aliphatic carbocycles. The zero-order valence-corrected chi connectivity index (χ0v) is 19.5. The van der Waals surface area contributed by atoms with Crippen LogP contribution in [-0.4, -0.2) is 43.7 Å². The van der Waals surface area contributed by atoms with Crippen molar-refractivity contribution in [2.24, 2.45) is 0 Å². The van der Waals surface area contributed by atoms with Crippen LogP contribution in [0.25, 0.3) is 6.08 Å². The highest BCUT2D eigenvalue weighted by Crippen LogP contribution is 2.19. The van der Waals surface area contributed by atoms with Crippen LogP contribution in [0.5, 0.6) is 0 Å². The minimum absolute atomic E-state index is 0.101. The third kappa shape index (κ3) is 6.93. The minimum atomic E-state index is -3.82. The lowest BCUT2D eigenvalue weighted by molar-refractivity contribution is -0.138. The van der Waals surface area contributed by atoms with E-state index in [0.29, 0.717) is 5.33 Å². The predicted octanol–water partition coefficient (Wildman–Crippen LogP) is 4.58. The molecule has 5 nitrogen and oxygen atoms in total. The first-order valence-corrected chi connectivity index (χ1v) is 12.1. The highest BCUT2D eigenvalue weighted by atomic mass is 79.9. The molecule has 0 spiro atoms. The summed E-state index contributed by atoms with van der Waals surface area (Å²) in [5.41, 5.74) is 2.03. The molecule has 0 N–H and O–H groups in total. The summed E-state index contributed by atoms with van der Waals surface area (Å²) in [7, 11) is -3.82. The summed E-state index contributed by atoms with van der Waals surface area (Å²) in [6, 6.07) is 16.0. The van der Waals surface area contributed by atoms with Gasteiger partial charge in [0.2, 0.25) is 10.0 Å². The average Bonchev–Trinajstić information content (AvgIpc) is 2.73. The molecule has 0 saturated heterocycles. The number of halogens is 1. The van der Waals surface area contributed by atoms with Crippen LogP contribution >= 0.6 is 15.9 Å². The summed E-state index contributed by atoms with van der Waals surface area (Å²) in [5.74, 6) is -0.532. The van der Waals surface area contributed by atoms with E-state index < -0.39 is 16.0 Å². The van der Waals surface area contributed by atoms with Crippen molar-refractivity contribution >= 4 is 38.0 Å². The molecule has 7 heteroatoms. The molecule has 0 aliphatic heterocycles. The van der Waals surface area contributed by atoms with E-state index in [9.17, 15) is 13.2 Å². The summed E-state index contributed by atoms with van der Waals surface area (Å²) >= 11 is 3.30. The van der Waals surface area contributed by atoms with Crippen molar-refractivity contribution in [1.82, 2.24) is 4.31 Å². The van der Waals surface area contributed by atoms with Crippen molar-refractivity contribution in [3.8, 4) is 0 Å². The molecular weight excluding hydrogens is 466 g/mol. The molecule has 0 bridgehead atoms. The van der Waals surface area contributed by atoms with Crippen molar-refractivity contribution in [2.75, 3.05) is 25.0 Å². The molecule has 0 aromatic heterocycles. The standard InChI is InChI=1S/C23H26BrNO4S/c1-3-29-23(26)21(17-20-9-5-4-6-10-20)18-25(16-8-7-15-24)30(27,28)22-13-11-19(2)12-14-22/h4-14,17H,3,15-16,18H2,1-2H3/b8-7+,21-17+. The topological polar surface area (TPSA) is 63.7 Å². The zero-order valence-electron chi connectivity index (χ0n) is 17.1. The van der Waals surface area contributed by atoms with Gasteiger partial charge in [0.15, 0.2) is 0 Å². The van der Waals surface area contributed by atoms with Crippen LogP contribution in [0.3, 0.4) is 0 Å². The summed E-state index contributed by atoms with van der Waals surface area (Å²) in [6.07, 6.45) is 5.25. The van der Waals surface area contributed by atoms with E-state index in [1.807, 2.05) is 43.3 Å². The number of rotatable bonds is 10. The highest BCUT2D eigenvalue weighted by molar-refractivity contribution is 9.09. The smallest absolute Gasteiger partial charge is 0.335 e. The van der Waals surface area contributed by atoms with E-state index in [-0.39, 0.29) is 30.2 Å². The molecule has 30 heavy (non-hydrogen) atoms. The Labute approximate surface area is 187 Å². The molecule has 0 radical (unpaired) electrons. The Morgan fingerprint density at radius 2 is 1.73 bits per heavy atom. The van der Waals surface area contributed by atoms with Gasteiger partial charge in [-0.3, -0.25) is 0 Å². The largest absolute Gasteiger partial charge is 0.463 e. The number of alkyl halides is 1. The lowest BCUT2D eigenvalue weighted by Crippen LogP contribution is -2.35. The van der Waals surface area contributed by atoms with Crippen LogP contribution in [0, 0.1) is 6.92 Å². The van der Waals surface area contributed by atoms with Crippen LogP contribution in [0.15, 0.2) is 77.2 Å². The molecule has 0 unspecified atom stereocenters. The van der Waals surface area contributed by atoms with Gasteiger partial charge in [0.1, 0.15) is 0 Å². The maximum absolute atomic E-state index is 13.3. The third-order valence-corrected chi connectivity index (χ3v) is 6.45. The van der Waals surface area contributed by atoms with E-state index in [4.69, 9.17) is 4.74 Å².